The van der Waals surface area contributed by atoms with Crippen LogP contribution in [-0.4, -0.2) is 42.0 Å². The molecular formula is C13H15N3O5. The number of nitrogens with one attached hydrogen (secondary N) is 1. The van der Waals surface area contributed by atoms with Crippen molar-refractivity contribution < 1.29 is 19.2 Å². The Labute approximate surface area is 120 Å². The van der Waals surface area contributed by atoms with Gasteiger partial charge in [0.05, 0.1) is 18.1 Å². The number of ether oxygens (including phenoxy) is 1. The number of hydrogen-bond donors (Lipinski definition) is 1. The molecular weight excluding hydrogens is 278 g/mol. The number of benzene rings is 1. The second-order valence-corrected chi connectivity index (χ2v) is 4.81. The van der Waals surface area contributed by atoms with Gasteiger partial charge in [-0.3, -0.25) is 19.8 Å². The lowest BCUT2D eigenvalue weighted by Gasteiger charge is -2.22. The van der Waals surface area contributed by atoms with E-state index in [2.05, 4.69) is 5.32 Å². The van der Waals surface area contributed by atoms with Crippen molar-refractivity contribution in [3.8, 4) is 0 Å². The Hall–Kier alpha value is -2.48. The molecule has 0 aromatic heterocycles. The van der Waals surface area contributed by atoms with Crippen LogP contribution in [0.3, 0.4) is 0 Å². The van der Waals surface area contributed by atoms with Crippen LogP contribution in [0.4, 0.5) is 10.5 Å². The molecule has 0 aliphatic carbocycles. The molecule has 0 spiro atoms. The average molecular weight is 293 g/mol. The number of methoxy groups -OCH3 is 1. The van der Waals surface area contributed by atoms with Crippen LogP contribution in [-0.2, 0) is 15.1 Å². The molecule has 1 atom stereocenters. The molecule has 1 heterocycles. The minimum Gasteiger partial charge on any atom is -0.383 e. The number of carbonyl (C=O) groups excluding carboxylic acids is 2. The topological polar surface area (TPSA) is 102 Å². The van der Waals surface area contributed by atoms with Crippen molar-refractivity contribution in [3.63, 3.8) is 0 Å². The van der Waals surface area contributed by atoms with Gasteiger partial charge in [-0.1, -0.05) is 0 Å². The van der Waals surface area contributed by atoms with Crippen LogP contribution in [0.2, 0.25) is 0 Å². The molecule has 0 bridgehead atoms. The first-order valence-corrected chi connectivity index (χ1v) is 6.28. The van der Waals surface area contributed by atoms with Crippen molar-refractivity contribution in [2.45, 2.75) is 12.5 Å². The zero-order valence-electron chi connectivity index (χ0n) is 11.7. The lowest BCUT2D eigenvalue weighted by Crippen LogP contribution is -2.41. The Morgan fingerprint density at radius 3 is 2.48 bits per heavy atom. The number of carbonyl (C=O) groups is 2. The molecule has 1 N–H and O–H groups in total. The summed E-state index contributed by atoms with van der Waals surface area (Å²) in [5.41, 5.74) is -0.804. The van der Waals surface area contributed by atoms with Gasteiger partial charge in [0, 0.05) is 19.2 Å². The minimum absolute atomic E-state index is 0.0737. The van der Waals surface area contributed by atoms with E-state index in [1.807, 2.05) is 0 Å². The van der Waals surface area contributed by atoms with E-state index in [1.165, 1.54) is 31.4 Å². The summed E-state index contributed by atoms with van der Waals surface area (Å²) in [4.78, 5) is 35.5. The first-order valence-electron chi connectivity index (χ1n) is 6.28. The number of hydrogen-bond acceptors (Lipinski definition) is 5. The van der Waals surface area contributed by atoms with Gasteiger partial charge < -0.3 is 10.1 Å². The monoisotopic (exact) mass is 293 g/mol. The first kappa shape index (κ1) is 14.9. The zero-order valence-corrected chi connectivity index (χ0v) is 11.7. The quantitative estimate of drug-likeness (QED) is 0.496. The third-order valence-electron chi connectivity index (χ3n) is 3.45. The Morgan fingerprint density at radius 2 is 1.95 bits per heavy atom. The van der Waals surface area contributed by atoms with Gasteiger partial charge in [0.25, 0.3) is 11.6 Å². The highest BCUT2D eigenvalue weighted by Crippen LogP contribution is 2.29. The maximum absolute atomic E-state index is 12.4. The van der Waals surface area contributed by atoms with Crippen molar-refractivity contribution in [3.05, 3.63) is 39.9 Å². The molecule has 8 nitrogen and oxygen atoms in total. The van der Waals surface area contributed by atoms with E-state index in [0.717, 1.165) is 4.90 Å². The zero-order chi connectivity index (χ0) is 15.6. The number of urea groups is 1. The van der Waals surface area contributed by atoms with E-state index < -0.39 is 22.4 Å². The highest BCUT2D eigenvalue weighted by molar-refractivity contribution is 6.07. The second-order valence-electron chi connectivity index (χ2n) is 4.81. The van der Waals surface area contributed by atoms with Crippen LogP contribution >= 0.6 is 0 Å². The van der Waals surface area contributed by atoms with E-state index >= 15 is 0 Å². The fourth-order valence-corrected chi connectivity index (χ4v) is 2.19. The molecule has 0 saturated carbocycles. The van der Waals surface area contributed by atoms with Crippen molar-refractivity contribution in [2.75, 3.05) is 20.3 Å². The molecule has 1 aliphatic heterocycles. The largest absolute Gasteiger partial charge is 0.383 e. The highest BCUT2D eigenvalue weighted by atomic mass is 16.6. The minimum atomic E-state index is -1.22. The first-order chi connectivity index (χ1) is 9.90. The number of amides is 3. The van der Waals surface area contributed by atoms with Gasteiger partial charge in [-0.2, -0.15) is 0 Å². The van der Waals surface area contributed by atoms with E-state index in [9.17, 15) is 19.7 Å². The molecule has 2 rings (SSSR count). The molecule has 1 aromatic rings. The second kappa shape index (κ2) is 5.49. The van der Waals surface area contributed by atoms with Gasteiger partial charge >= 0.3 is 6.03 Å². The lowest BCUT2D eigenvalue weighted by atomic mass is 9.92. The molecule has 1 saturated heterocycles. The Balaban J connectivity index is 2.28. The summed E-state index contributed by atoms with van der Waals surface area (Å²) in [5, 5.41) is 13.3. The molecule has 21 heavy (non-hydrogen) atoms. The summed E-state index contributed by atoms with van der Waals surface area (Å²) in [5.74, 6) is -0.404. The Morgan fingerprint density at radius 1 is 1.33 bits per heavy atom. The Bertz CT molecular complexity index is 586. The molecule has 1 aliphatic rings. The van der Waals surface area contributed by atoms with E-state index in [1.54, 1.807) is 6.92 Å². The van der Waals surface area contributed by atoms with Crippen LogP contribution in [0.1, 0.15) is 12.5 Å². The molecule has 1 aromatic carbocycles. The Kier molecular flexibility index (Phi) is 3.90. The fraction of sp³-hybridized carbons (Fsp3) is 0.385. The smallest absolute Gasteiger partial charge is 0.325 e. The van der Waals surface area contributed by atoms with Crippen LogP contribution in [0, 0.1) is 10.1 Å². The van der Waals surface area contributed by atoms with Crippen molar-refractivity contribution in [2.24, 2.45) is 0 Å². The SMILES string of the molecule is COCCN1C(=O)N[C@](C)(c2ccc([N+](=O)[O-])cc2)C1=O. The van der Waals surface area contributed by atoms with Gasteiger partial charge in [0.1, 0.15) is 5.54 Å². The van der Waals surface area contributed by atoms with Gasteiger partial charge in [0.2, 0.25) is 0 Å². The summed E-state index contributed by atoms with van der Waals surface area (Å²) >= 11 is 0. The van der Waals surface area contributed by atoms with Gasteiger partial charge in [-0.15, -0.1) is 0 Å². The average Bonchev–Trinajstić information content (AvgIpc) is 2.68. The normalized spacial score (nSPS) is 21.5. The number of nitrogens with zero attached hydrogens (tertiary/aromatic N) is 2. The van der Waals surface area contributed by atoms with Crippen molar-refractivity contribution in [1.29, 1.82) is 0 Å². The fourth-order valence-electron chi connectivity index (χ4n) is 2.19. The van der Waals surface area contributed by atoms with Gasteiger partial charge in [-0.25, -0.2) is 4.79 Å². The summed E-state index contributed by atoms with van der Waals surface area (Å²) in [6, 6.07) is 5.04. The molecule has 112 valence electrons. The molecule has 3 amide bonds. The number of non-ortho nitro benzene ring substituents is 1. The number of imide groups is 1. The molecule has 8 heteroatoms. The molecule has 0 unspecified atom stereocenters. The van der Waals surface area contributed by atoms with Crippen molar-refractivity contribution >= 4 is 17.6 Å². The predicted octanol–water partition coefficient (Wildman–Crippen LogP) is 1.01. The standard InChI is InChI=1S/C13H15N3O5/c1-13(9-3-5-10(6-4-9)16(19)20)11(17)15(7-8-21-2)12(18)14-13/h3-6H,7-8H2,1-2H3,(H,14,18)/t13-/m1/s1. The highest BCUT2D eigenvalue weighted by Gasteiger charge is 2.48. The van der Waals surface area contributed by atoms with E-state index in [4.69, 9.17) is 4.74 Å². The maximum atomic E-state index is 12.4. The lowest BCUT2D eigenvalue weighted by molar-refractivity contribution is -0.384. The van der Waals surface area contributed by atoms with E-state index in [0.29, 0.717) is 5.56 Å². The van der Waals surface area contributed by atoms with Crippen LogP contribution in [0.5, 0.6) is 0 Å². The number of nitro benzene ring substituents is 1. The van der Waals surface area contributed by atoms with E-state index in [-0.39, 0.29) is 18.8 Å². The maximum Gasteiger partial charge on any atom is 0.325 e. The summed E-state index contributed by atoms with van der Waals surface area (Å²) in [7, 11) is 1.48. The van der Waals surface area contributed by atoms with Crippen LogP contribution in [0.25, 0.3) is 0 Å². The van der Waals surface area contributed by atoms with Crippen LogP contribution < -0.4 is 5.32 Å². The van der Waals surface area contributed by atoms with Crippen molar-refractivity contribution in [1.82, 2.24) is 10.2 Å². The number of rotatable bonds is 5. The van der Waals surface area contributed by atoms with Gasteiger partial charge in [-0.05, 0) is 24.6 Å². The number of nitro groups is 1. The summed E-state index contributed by atoms with van der Waals surface area (Å²) < 4.78 is 4.87. The van der Waals surface area contributed by atoms with Crippen LogP contribution in [0.15, 0.2) is 24.3 Å². The summed E-state index contributed by atoms with van der Waals surface area (Å²) in [6.45, 7) is 1.97. The third-order valence-corrected chi connectivity index (χ3v) is 3.45. The third kappa shape index (κ3) is 2.57. The predicted molar refractivity (Wildman–Crippen MR) is 72.6 cm³/mol. The summed E-state index contributed by atoms with van der Waals surface area (Å²) in [6.07, 6.45) is 0. The molecule has 0 radical (unpaired) electrons. The van der Waals surface area contributed by atoms with Gasteiger partial charge in [0.15, 0.2) is 0 Å². The molecule has 1 fully saturated rings.